The second-order valence-corrected chi connectivity index (χ2v) is 6.04. The lowest BCUT2D eigenvalue weighted by molar-refractivity contribution is -0.123. The first-order valence-electron chi connectivity index (χ1n) is 6.46. The SMILES string of the molecule is O=C(C[C@H]1C[C@H]2CNC[C@H]2O1)NCc1cccs1. The summed E-state index contributed by atoms with van der Waals surface area (Å²) in [6.45, 7) is 2.62. The molecule has 2 N–H and O–H groups in total. The molecule has 3 heterocycles. The molecule has 4 nitrogen and oxygen atoms in total. The van der Waals surface area contributed by atoms with Gasteiger partial charge in [-0.2, -0.15) is 0 Å². The zero-order valence-electron chi connectivity index (χ0n) is 10.2. The zero-order valence-corrected chi connectivity index (χ0v) is 11.0. The molecular formula is C13H18N2O2S. The molecule has 3 atom stereocenters. The molecule has 98 valence electrons. The summed E-state index contributed by atoms with van der Waals surface area (Å²) < 4.78 is 5.87. The molecule has 2 fully saturated rings. The van der Waals surface area contributed by atoms with E-state index in [4.69, 9.17) is 4.74 Å². The molecule has 3 rings (SSSR count). The van der Waals surface area contributed by atoms with Crippen LogP contribution >= 0.6 is 11.3 Å². The lowest BCUT2D eigenvalue weighted by atomic mass is 10.0. The number of hydrogen-bond donors (Lipinski definition) is 2. The fourth-order valence-corrected chi connectivity index (χ4v) is 3.40. The largest absolute Gasteiger partial charge is 0.373 e. The first-order valence-corrected chi connectivity index (χ1v) is 7.34. The predicted octanol–water partition coefficient (Wildman–Crippen LogP) is 1.13. The van der Waals surface area contributed by atoms with Gasteiger partial charge in [-0.1, -0.05) is 6.07 Å². The van der Waals surface area contributed by atoms with Crippen molar-refractivity contribution in [3.8, 4) is 0 Å². The summed E-state index contributed by atoms with van der Waals surface area (Å²) >= 11 is 1.67. The topological polar surface area (TPSA) is 50.4 Å². The van der Waals surface area contributed by atoms with Gasteiger partial charge in [-0.15, -0.1) is 11.3 Å². The van der Waals surface area contributed by atoms with Crippen molar-refractivity contribution in [2.24, 2.45) is 5.92 Å². The Bertz CT molecular complexity index is 395. The third-order valence-electron chi connectivity index (χ3n) is 3.66. The van der Waals surface area contributed by atoms with Crippen molar-refractivity contribution in [3.05, 3.63) is 22.4 Å². The van der Waals surface area contributed by atoms with E-state index < -0.39 is 0 Å². The Morgan fingerprint density at radius 2 is 2.50 bits per heavy atom. The Kier molecular flexibility index (Phi) is 3.63. The van der Waals surface area contributed by atoms with E-state index in [9.17, 15) is 4.79 Å². The van der Waals surface area contributed by atoms with Gasteiger partial charge in [-0.3, -0.25) is 4.79 Å². The number of nitrogens with one attached hydrogen (secondary N) is 2. The zero-order chi connectivity index (χ0) is 12.4. The Morgan fingerprint density at radius 1 is 1.56 bits per heavy atom. The summed E-state index contributed by atoms with van der Waals surface area (Å²) in [5, 5.41) is 8.29. The van der Waals surface area contributed by atoms with E-state index in [1.54, 1.807) is 11.3 Å². The second-order valence-electron chi connectivity index (χ2n) is 5.01. The number of fused-ring (bicyclic) bond motifs is 1. The van der Waals surface area contributed by atoms with Crippen LogP contribution in [0.3, 0.4) is 0 Å². The fraction of sp³-hybridized carbons (Fsp3) is 0.615. The van der Waals surface area contributed by atoms with E-state index in [1.807, 2.05) is 17.5 Å². The minimum atomic E-state index is 0.0985. The summed E-state index contributed by atoms with van der Waals surface area (Å²) in [6, 6.07) is 4.04. The van der Waals surface area contributed by atoms with Crippen molar-refractivity contribution in [3.63, 3.8) is 0 Å². The Labute approximate surface area is 111 Å². The molecule has 0 aromatic carbocycles. The van der Waals surface area contributed by atoms with Gasteiger partial charge in [0.15, 0.2) is 0 Å². The molecule has 18 heavy (non-hydrogen) atoms. The molecule has 1 aromatic heterocycles. The van der Waals surface area contributed by atoms with Crippen LogP contribution in [0.25, 0.3) is 0 Å². The summed E-state index contributed by atoms with van der Waals surface area (Å²) in [6.07, 6.45) is 1.97. The molecule has 5 heteroatoms. The van der Waals surface area contributed by atoms with Gasteiger partial charge in [0.1, 0.15) is 0 Å². The molecule has 0 saturated carbocycles. The Balaban J connectivity index is 1.42. The van der Waals surface area contributed by atoms with Crippen molar-refractivity contribution in [1.82, 2.24) is 10.6 Å². The smallest absolute Gasteiger partial charge is 0.222 e. The van der Waals surface area contributed by atoms with E-state index in [1.165, 1.54) is 4.88 Å². The summed E-state index contributed by atoms with van der Waals surface area (Å²) in [5.74, 6) is 0.710. The molecule has 2 aliphatic rings. The van der Waals surface area contributed by atoms with Gasteiger partial charge in [-0.05, 0) is 17.9 Å². The average molecular weight is 266 g/mol. The second kappa shape index (κ2) is 5.38. The van der Waals surface area contributed by atoms with E-state index in [0.717, 1.165) is 19.5 Å². The molecule has 0 spiro atoms. The van der Waals surface area contributed by atoms with Gasteiger partial charge in [0.25, 0.3) is 0 Å². The van der Waals surface area contributed by atoms with E-state index in [2.05, 4.69) is 10.6 Å². The van der Waals surface area contributed by atoms with Gasteiger partial charge in [0, 0.05) is 23.9 Å². The van der Waals surface area contributed by atoms with Crippen molar-refractivity contribution in [2.45, 2.75) is 31.6 Å². The summed E-state index contributed by atoms with van der Waals surface area (Å²) in [7, 11) is 0. The molecule has 0 radical (unpaired) electrons. The quantitative estimate of drug-likeness (QED) is 0.859. The van der Waals surface area contributed by atoms with Crippen molar-refractivity contribution in [1.29, 1.82) is 0 Å². The Hall–Kier alpha value is -0.910. The molecule has 2 saturated heterocycles. The number of hydrogen-bond acceptors (Lipinski definition) is 4. The van der Waals surface area contributed by atoms with Crippen molar-refractivity contribution < 1.29 is 9.53 Å². The van der Waals surface area contributed by atoms with Crippen LogP contribution in [0, 0.1) is 5.92 Å². The molecule has 0 bridgehead atoms. The predicted molar refractivity (Wildman–Crippen MR) is 70.4 cm³/mol. The highest BCUT2D eigenvalue weighted by molar-refractivity contribution is 7.09. The first kappa shape index (κ1) is 12.1. The minimum absolute atomic E-state index is 0.0985. The van der Waals surface area contributed by atoms with Crippen molar-refractivity contribution in [2.75, 3.05) is 13.1 Å². The number of rotatable bonds is 4. The van der Waals surface area contributed by atoms with Gasteiger partial charge in [-0.25, -0.2) is 0 Å². The maximum atomic E-state index is 11.8. The maximum absolute atomic E-state index is 11.8. The molecule has 2 aliphatic heterocycles. The fourth-order valence-electron chi connectivity index (χ4n) is 2.75. The molecule has 0 unspecified atom stereocenters. The van der Waals surface area contributed by atoms with Crippen LogP contribution in [0.15, 0.2) is 17.5 Å². The van der Waals surface area contributed by atoms with Crippen LogP contribution in [0.4, 0.5) is 0 Å². The standard InChI is InChI=1S/C13H18N2O2S/c16-13(15-7-11-2-1-3-18-11)5-10-4-9-6-14-8-12(9)17-10/h1-3,9-10,12,14H,4-8H2,(H,15,16)/t9-,10+,12+/m0/s1. The lowest BCUT2D eigenvalue weighted by Crippen LogP contribution is -2.28. The van der Waals surface area contributed by atoms with Crippen LogP contribution in [0.5, 0.6) is 0 Å². The normalized spacial score (nSPS) is 30.3. The van der Waals surface area contributed by atoms with Crippen LogP contribution in [0.2, 0.25) is 0 Å². The van der Waals surface area contributed by atoms with Crippen LogP contribution in [0.1, 0.15) is 17.7 Å². The van der Waals surface area contributed by atoms with E-state index in [-0.39, 0.29) is 12.0 Å². The van der Waals surface area contributed by atoms with Gasteiger partial charge in [0.2, 0.25) is 5.91 Å². The number of carbonyl (C=O) groups is 1. The molecule has 1 amide bonds. The minimum Gasteiger partial charge on any atom is -0.373 e. The maximum Gasteiger partial charge on any atom is 0.222 e. The Morgan fingerprint density at radius 3 is 3.28 bits per heavy atom. The highest BCUT2D eigenvalue weighted by Gasteiger charge is 2.38. The number of amides is 1. The monoisotopic (exact) mass is 266 g/mol. The first-order chi connectivity index (χ1) is 8.81. The van der Waals surface area contributed by atoms with E-state index >= 15 is 0 Å². The molecule has 0 aliphatic carbocycles. The van der Waals surface area contributed by atoms with Crippen molar-refractivity contribution >= 4 is 17.2 Å². The number of thiophene rings is 1. The van der Waals surface area contributed by atoms with Crippen LogP contribution in [-0.2, 0) is 16.1 Å². The average Bonchev–Trinajstić information content (AvgIpc) is 3.01. The molecular weight excluding hydrogens is 248 g/mol. The number of ether oxygens (including phenoxy) is 1. The highest BCUT2D eigenvalue weighted by Crippen LogP contribution is 2.30. The van der Waals surface area contributed by atoms with Gasteiger partial charge in [0.05, 0.1) is 25.2 Å². The third-order valence-corrected chi connectivity index (χ3v) is 4.54. The van der Waals surface area contributed by atoms with Crippen LogP contribution in [-0.4, -0.2) is 31.2 Å². The summed E-state index contributed by atoms with van der Waals surface area (Å²) in [5.41, 5.74) is 0. The van der Waals surface area contributed by atoms with Gasteiger partial charge < -0.3 is 15.4 Å². The third kappa shape index (κ3) is 2.74. The lowest BCUT2D eigenvalue weighted by Gasteiger charge is -2.12. The summed E-state index contributed by atoms with van der Waals surface area (Å²) in [4.78, 5) is 13.0. The van der Waals surface area contributed by atoms with Gasteiger partial charge >= 0.3 is 0 Å². The highest BCUT2D eigenvalue weighted by atomic mass is 32.1. The van der Waals surface area contributed by atoms with Crippen LogP contribution < -0.4 is 10.6 Å². The molecule has 1 aromatic rings. The number of carbonyl (C=O) groups excluding carboxylic acids is 1. The van der Waals surface area contributed by atoms with E-state index in [0.29, 0.717) is 25.0 Å².